The maximum Gasteiger partial charge on any atom is 0.228 e. The Kier molecular flexibility index (Phi) is 7.26. The number of aromatic nitrogens is 1. The van der Waals surface area contributed by atoms with E-state index in [9.17, 15) is 9.59 Å². The summed E-state index contributed by atoms with van der Waals surface area (Å²) in [6, 6.07) is 12.2. The summed E-state index contributed by atoms with van der Waals surface area (Å²) < 4.78 is 0. The van der Waals surface area contributed by atoms with Crippen molar-refractivity contribution in [1.82, 2.24) is 14.8 Å². The zero-order chi connectivity index (χ0) is 22.4. The lowest BCUT2D eigenvalue weighted by Gasteiger charge is -2.27. The molecule has 2 amide bonds. The van der Waals surface area contributed by atoms with Crippen LogP contribution in [-0.4, -0.2) is 52.8 Å². The van der Waals surface area contributed by atoms with Crippen molar-refractivity contribution in [3.63, 3.8) is 0 Å². The number of nitrogens with zero attached hydrogens (tertiary/aromatic N) is 3. The highest BCUT2D eigenvalue weighted by atomic mass is 16.2. The molecule has 0 bridgehead atoms. The zero-order valence-electron chi connectivity index (χ0n) is 18.9. The standard InChI is InChI=1S/C26H33N3O2/c1-5-13-28-14-15-29(24(30)18-26(2,3)4)19-23(25(28)31)17-20-7-6-8-22(16-20)21-9-11-27-12-10-21/h5-12,16,23H,1,13-15,17-19H2,2-4H3. The van der Waals surface area contributed by atoms with Gasteiger partial charge in [-0.25, -0.2) is 0 Å². The van der Waals surface area contributed by atoms with Crippen molar-refractivity contribution in [3.8, 4) is 11.1 Å². The maximum atomic E-state index is 13.3. The van der Waals surface area contributed by atoms with Gasteiger partial charge in [-0.3, -0.25) is 14.6 Å². The Bertz CT molecular complexity index is 918. The molecule has 1 fully saturated rings. The molecule has 1 aliphatic heterocycles. The minimum atomic E-state index is -0.265. The van der Waals surface area contributed by atoms with E-state index in [1.54, 1.807) is 18.5 Å². The topological polar surface area (TPSA) is 53.5 Å². The van der Waals surface area contributed by atoms with Gasteiger partial charge >= 0.3 is 0 Å². The molecule has 0 radical (unpaired) electrons. The van der Waals surface area contributed by atoms with Gasteiger partial charge in [0.05, 0.1) is 5.92 Å². The average Bonchev–Trinajstić information content (AvgIpc) is 2.88. The van der Waals surface area contributed by atoms with Gasteiger partial charge in [-0.1, -0.05) is 51.1 Å². The first-order chi connectivity index (χ1) is 14.8. The van der Waals surface area contributed by atoms with Crippen LogP contribution >= 0.6 is 0 Å². The summed E-state index contributed by atoms with van der Waals surface area (Å²) in [5, 5.41) is 0. The van der Waals surface area contributed by atoms with Crippen molar-refractivity contribution in [3.05, 3.63) is 67.0 Å². The van der Waals surface area contributed by atoms with Gasteiger partial charge in [0.25, 0.3) is 0 Å². The monoisotopic (exact) mass is 419 g/mol. The fourth-order valence-electron chi connectivity index (χ4n) is 4.03. The summed E-state index contributed by atoms with van der Waals surface area (Å²) in [5.41, 5.74) is 3.21. The van der Waals surface area contributed by atoms with E-state index >= 15 is 0 Å². The molecule has 0 aliphatic carbocycles. The smallest absolute Gasteiger partial charge is 0.228 e. The third kappa shape index (κ3) is 6.27. The molecule has 1 unspecified atom stereocenters. The number of rotatable bonds is 6. The van der Waals surface area contributed by atoms with Crippen LogP contribution in [0.2, 0.25) is 0 Å². The fourth-order valence-corrected chi connectivity index (χ4v) is 4.03. The summed E-state index contributed by atoms with van der Waals surface area (Å²) in [6.45, 7) is 12.1. The second-order valence-corrected chi connectivity index (χ2v) is 9.49. The largest absolute Gasteiger partial charge is 0.340 e. The predicted octanol–water partition coefficient (Wildman–Crippen LogP) is 4.20. The van der Waals surface area contributed by atoms with Crippen LogP contribution < -0.4 is 0 Å². The highest BCUT2D eigenvalue weighted by molar-refractivity contribution is 5.82. The third-order valence-corrected chi connectivity index (χ3v) is 5.55. The van der Waals surface area contributed by atoms with Gasteiger partial charge in [0.1, 0.15) is 0 Å². The van der Waals surface area contributed by atoms with Gasteiger partial charge in [0.15, 0.2) is 0 Å². The first kappa shape index (κ1) is 22.7. The molecule has 1 aromatic heterocycles. The molecule has 1 atom stereocenters. The lowest BCUT2D eigenvalue weighted by Crippen LogP contribution is -2.38. The number of hydrogen-bond acceptors (Lipinski definition) is 3. The van der Waals surface area contributed by atoms with Crippen molar-refractivity contribution in [2.45, 2.75) is 33.6 Å². The minimum Gasteiger partial charge on any atom is -0.340 e. The highest BCUT2D eigenvalue weighted by Crippen LogP contribution is 2.25. The van der Waals surface area contributed by atoms with E-state index in [0.717, 1.165) is 16.7 Å². The highest BCUT2D eigenvalue weighted by Gasteiger charge is 2.33. The number of pyridine rings is 1. The summed E-state index contributed by atoms with van der Waals surface area (Å²) in [7, 11) is 0. The van der Waals surface area contributed by atoms with Crippen LogP contribution in [0.1, 0.15) is 32.8 Å². The van der Waals surface area contributed by atoms with Crippen LogP contribution in [-0.2, 0) is 16.0 Å². The second kappa shape index (κ2) is 9.90. The Morgan fingerprint density at radius 3 is 2.58 bits per heavy atom. The molecule has 0 spiro atoms. The quantitative estimate of drug-likeness (QED) is 0.660. The van der Waals surface area contributed by atoms with Gasteiger partial charge in [0, 0.05) is 45.0 Å². The Hall–Kier alpha value is -2.95. The maximum absolute atomic E-state index is 13.3. The van der Waals surface area contributed by atoms with E-state index in [0.29, 0.717) is 39.0 Å². The van der Waals surface area contributed by atoms with Crippen LogP contribution in [0.25, 0.3) is 11.1 Å². The van der Waals surface area contributed by atoms with E-state index in [4.69, 9.17) is 0 Å². The summed E-state index contributed by atoms with van der Waals surface area (Å²) in [6.07, 6.45) is 6.40. The van der Waals surface area contributed by atoms with Crippen LogP contribution in [0.5, 0.6) is 0 Å². The third-order valence-electron chi connectivity index (χ3n) is 5.55. The van der Waals surface area contributed by atoms with Gasteiger partial charge in [-0.05, 0) is 40.7 Å². The molecule has 5 nitrogen and oxygen atoms in total. The average molecular weight is 420 g/mol. The van der Waals surface area contributed by atoms with Crippen LogP contribution in [0.3, 0.4) is 0 Å². The van der Waals surface area contributed by atoms with Crippen molar-refractivity contribution < 1.29 is 9.59 Å². The first-order valence-corrected chi connectivity index (χ1v) is 10.9. The minimum absolute atomic E-state index is 0.0808. The molecule has 3 rings (SSSR count). The predicted molar refractivity (Wildman–Crippen MR) is 124 cm³/mol. The molecular formula is C26H33N3O2. The molecule has 5 heteroatoms. The molecule has 164 valence electrons. The summed E-state index contributed by atoms with van der Waals surface area (Å²) in [4.78, 5) is 34.0. The number of carbonyl (C=O) groups is 2. The van der Waals surface area contributed by atoms with Crippen LogP contribution in [0.15, 0.2) is 61.4 Å². The number of hydrogen-bond donors (Lipinski definition) is 0. The number of carbonyl (C=O) groups excluding carboxylic acids is 2. The molecule has 1 aromatic carbocycles. The Morgan fingerprint density at radius 1 is 1.16 bits per heavy atom. The van der Waals surface area contributed by atoms with Crippen molar-refractivity contribution in [2.75, 3.05) is 26.2 Å². The normalized spacial score (nSPS) is 17.4. The second-order valence-electron chi connectivity index (χ2n) is 9.49. The molecule has 2 aromatic rings. The Labute approximate surface area is 185 Å². The zero-order valence-corrected chi connectivity index (χ0v) is 18.9. The Balaban J connectivity index is 1.83. The van der Waals surface area contributed by atoms with Gasteiger partial charge in [-0.15, -0.1) is 6.58 Å². The van der Waals surface area contributed by atoms with Crippen molar-refractivity contribution >= 4 is 11.8 Å². The molecule has 2 heterocycles. The molecule has 0 saturated carbocycles. The first-order valence-electron chi connectivity index (χ1n) is 10.9. The van der Waals surface area contributed by atoms with Gasteiger partial charge in [-0.2, -0.15) is 0 Å². The van der Waals surface area contributed by atoms with E-state index in [2.05, 4.69) is 50.5 Å². The van der Waals surface area contributed by atoms with E-state index in [-0.39, 0.29) is 23.1 Å². The van der Waals surface area contributed by atoms with Gasteiger partial charge < -0.3 is 9.80 Å². The van der Waals surface area contributed by atoms with Crippen molar-refractivity contribution in [1.29, 1.82) is 0 Å². The number of benzene rings is 1. The molecule has 0 N–H and O–H groups in total. The lowest BCUT2D eigenvalue weighted by atomic mass is 9.91. The van der Waals surface area contributed by atoms with E-state index in [1.807, 2.05) is 28.0 Å². The molecule has 31 heavy (non-hydrogen) atoms. The fraction of sp³-hybridized carbons (Fsp3) is 0.423. The Morgan fingerprint density at radius 2 is 1.90 bits per heavy atom. The lowest BCUT2D eigenvalue weighted by molar-refractivity contribution is -0.135. The molecule has 1 aliphatic rings. The summed E-state index contributed by atoms with van der Waals surface area (Å²) >= 11 is 0. The molecular weight excluding hydrogens is 386 g/mol. The van der Waals surface area contributed by atoms with E-state index < -0.39 is 0 Å². The van der Waals surface area contributed by atoms with Crippen molar-refractivity contribution in [2.24, 2.45) is 11.3 Å². The van der Waals surface area contributed by atoms with E-state index in [1.165, 1.54) is 0 Å². The van der Waals surface area contributed by atoms with Crippen LogP contribution in [0.4, 0.5) is 0 Å². The molecule has 1 saturated heterocycles. The van der Waals surface area contributed by atoms with Gasteiger partial charge in [0.2, 0.25) is 11.8 Å². The summed E-state index contributed by atoms with van der Waals surface area (Å²) in [5.74, 6) is -0.0457. The van der Waals surface area contributed by atoms with Crippen LogP contribution in [0, 0.1) is 11.3 Å². The SMILES string of the molecule is C=CCN1CCN(C(=O)CC(C)(C)C)CC(Cc2cccc(-c3ccncc3)c2)C1=O. The number of amides is 2.